The molecule has 2 rings (SSSR count). The monoisotopic (exact) mass is 215 g/mol. The molecule has 1 atom stereocenters. The van der Waals surface area contributed by atoms with Crippen LogP contribution in [0.15, 0.2) is 18.5 Å². The topological polar surface area (TPSA) is 39.2 Å². The van der Waals surface area contributed by atoms with Crippen LogP contribution < -0.4 is 0 Å². The normalized spacial score (nSPS) is 16.2. The molecule has 0 aliphatic heterocycles. The van der Waals surface area contributed by atoms with Gasteiger partial charge in [-0.1, -0.05) is 5.92 Å². The van der Waals surface area contributed by atoms with Gasteiger partial charge in [0.1, 0.15) is 0 Å². The average Bonchev–Trinajstić information content (AvgIpc) is 3.09. The number of carbonyl (C=O) groups is 1. The molecule has 0 bridgehead atoms. The van der Waals surface area contributed by atoms with Gasteiger partial charge in [-0.05, 0) is 31.4 Å². The van der Waals surface area contributed by atoms with Gasteiger partial charge in [0.05, 0.1) is 5.56 Å². The second-order valence-corrected chi connectivity index (χ2v) is 4.08. The number of esters is 1. The molecule has 16 heavy (non-hydrogen) atoms. The minimum atomic E-state index is -0.383. The minimum absolute atomic E-state index is 0.353. The van der Waals surface area contributed by atoms with Crippen LogP contribution in [0.1, 0.15) is 28.8 Å². The molecule has 0 amide bonds. The van der Waals surface area contributed by atoms with E-state index in [-0.39, 0.29) is 12.1 Å². The molecule has 1 aliphatic carbocycles. The SMILES string of the molecule is C#C[C@@H](OC(=O)c1cncc(C)c1)C1CC1. The zero-order valence-electron chi connectivity index (χ0n) is 9.14. The summed E-state index contributed by atoms with van der Waals surface area (Å²) < 4.78 is 5.25. The van der Waals surface area contributed by atoms with Crippen LogP contribution in [0.2, 0.25) is 0 Å². The fraction of sp³-hybridized carbons (Fsp3) is 0.385. The Bertz CT molecular complexity index is 443. The van der Waals surface area contributed by atoms with E-state index >= 15 is 0 Å². The van der Waals surface area contributed by atoms with Crippen LogP contribution in [0.3, 0.4) is 0 Å². The Morgan fingerprint density at radius 2 is 2.38 bits per heavy atom. The second kappa shape index (κ2) is 4.36. The highest BCUT2D eigenvalue weighted by Gasteiger charge is 2.33. The van der Waals surface area contributed by atoms with Crippen molar-refractivity contribution in [3.63, 3.8) is 0 Å². The van der Waals surface area contributed by atoms with Crippen molar-refractivity contribution in [2.45, 2.75) is 25.9 Å². The number of hydrogen-bond acceptors (Lipinski definition) is 3. The van der Waals surface area contributed by atoms with Gasteiger partial charge in [0.25, 0.3) is 0 Å². The molecule has 0 unspecified atom stereocenters. The van der Waals surface area contributed by atoms with Gasteiger partial charge in [-0.25, -0.2) is 4.79 Å². The first-order valence-electron chi connectivity index (χ1n) is 5.29. The predicted octanol–water partition coefficient (Wildman–Crippen LogP) is 1.96. The van der Waals surface area contributed by atoms with Crippen LogP contribution in [0.5, 0.6) is 0 Å². The Balaban J connectivity index is 2.05. The van der Waals surface area contributed by atoms with Crippen molar-refractivity contribution < 1.29 is 9.53 Å². The molecule has 0 N–H and O–H groups in total. The Morgan fingerprint density at radius 3 is 2.94 bits per heavy atom. The third-order valence-electron chi connectivity index (χ3n) is 2.56. The number of pyridine rings is 1. The number of ether oxygens (including phenoxy) is 1. The van der Waals surface area contributed by atoms with E-state index in [0.29, 0.717) is 11.5 Å². The van der Waals surface area contributed by atoms with Crippen LogP contribution in [0, 0.1) is 25.2 Å². The number of aromatic nitrogens is 1. The molecule has 82 valence electrons. The fourth-order valence-corrected chi connectivity index (χ4v) is 1.52. The lowest BCUT2D eigenvalue weighted by molar-refractivity contribution is 0.0373. The van der Waals surface area contributed by atoms with Crippen molar-refractivity contribution in [2.24, 2.45) is 5.92 Å². The van der Waals surface area contributed by atoms with Gasteiger partial charge in [0.15, 0.2) is 6.10 Å². The molecule has 1 heterocycles. The number of nitrogens with zero attached hydrogens (tertiary/aromatic N) is 1. The summed E-state index contributed by atoms with van der Waals surface area (Å²) in [5, 5.41) is 0. The summed E-state index contributed by atoms with van der Waals surface area (Å²) in [5.74, 6) is 2.49. The van der Waals surface area contributed by atoms with Gasteiger partial charge in [-0.3, -0.25) is 4.98 Å². The second-order valence-electron chi connectivity index (χ2n) is 4.08. The van der Waals surface area contributed by atoms with Crippen molar-refractivity contribution in [1.82, 2.24) is 4.98 Å². The number of rotatable bonds is 3. The molecular weight excluding hydrogens is 202 g/mol. The number of aryl methyl sites for hydroxylation is 1. The third kappa shape index (κ3) is 2.40. The van der Waals surface area contributed by atoms with E-state index in [1.54, 1.807) is 12.3 Å². The Morgan fingerprint density at radius 1 is 1.62 bits per heavy atom. The lowest BCUT2D eigenvalue weighted by atomic mass is 10.2. The Labute approximate surface area is 94.8 Å². The highest BCUT2D eigenvalue weighted by Crippen LogP contribution is 2.34. The first-order valence-corrected chi connectivity index (χ1v) is 5.29. The Kier molecular flexibility index (Phi) is 2.91. The van der Waals surface area contributed by atoms with Gasteiger partial charge in [-0.2, -0.15) is 0 Å². The number of carbonyl (C=O) groups excluding carboxylic acids is 1. The molecular formula is C13H13NO2. The smallest absolute Gasteiger partial charge is 0.340 e. The lowest BCUT2D eigenvalue weighted by Gasteiger charge is -2.11. The molecule has 0 spiro atoms. The van der Waals surface area contributed by atoms with Crippen LogP contribution in [-0.4, -0.2) is 17.1 Å². The summed E-state index contributed by atoms with van der Waals surface area (Å²) in [6.45, 7) is 1.88. The first-order chi connectivity index (χ1) is 7.70. The van der Waals surface area contributed by atoms with Gasteiger partial charge in [0.2, 0.25) is 0 Å². The highest BCUT2D eigenvalue weighted by molar-refractivity contribution is 5.89. The maximum absolute atomic E-state index is 11.7. The molecule has 1 saturated carbocycles. The summed E-state index contributed by atoms with van der Waals surface area (Å²) in [6.07, 6.45) is 10.2. The standard InChI is InChI=1S/C13H13NO2/c1-3-12(10-4-5-10)16-13(15)11-6-9(2)7-14-8-11/h1,6-8,10,12H,4-5H2,2H3/t12-/m1/s1. The average molecular weight is 215 g/mol. The Hall–Kier alpha value is -1.82. The van der Waals surface area contributed by atoms with Crippen LogP contribution in [-0.2, 0) is 4.74 Å². The van der Waals surface area contributed by atoms with E-state index in [1.165, 1.54) is 6.20 Å². The van der Waals surface area contributed by atoms with Crippen molar-refractivity contribution in [1.29, 1.82) is 0 Å². The first kappa shape index (κ1) is 10.7. The number of terminal acetylenes is 1. The van der Waals surface area contributed by atoms with Crippen LogP contribution in [0.25, 0.3) is 0 Å². The zero-order chi connectivity index (χ0) is 11.5. The van der Waals surface area contributed by atoms with E-state index in [1.807, 2.05) is 6.92 Å². The molecule has 0 saturated heterocycles. The summed E-state index contributed by atoms with van der Waals surface area (Å²) in [6, 6.07) is 1.75. The van der Waals surface area contributed by atoms with Crippen molar-refractivity contribution in [3.8, 4) is 12.3 Å². The van der Waals surface area contributed by atoms with E-state index in [0.717, 1.165) is 18.4 Å². The maximum atomic E-state index is 11.7. The number of hydrogen-bond donors (Lipinski definition) is 0. The minimum Gasteiger partial charge on any atom is -0.445 e. The zero-order valence-corrected chi connectivity index (χ0v) is 9.14. The van der Waals surface area contributed by atoms with Gasteiger partial charge >= 0.3 is 5.97 Å². The van der Waals surface area contributed by atoms with Crippen LogP contribution >= 0.6 is 0 Å². The van der Waals surface area contributed by atoms with E-state index in [9.17, 15) is 4.79 Å². The predicted molar refractivity (Wildman–Crippen MR) is 59.7 cm³/mol. The van der Waals surface area contributed by atoms with Crippen molar-refractivity contribution >= 4 is 5.97 Å². The van der Waals surface area contributed by atoms with Gasteiger partial charge in [-0.15, -0.1) is 6.42 Å². The summed E-state index contributed by atoms with van der Waals surface area (Å²) in [4.78, 5) is 15.7. The molecule has 3 heteroatoms. The van der Waals surface area contributed by atoms with E-state index in [4.69, 9.17) is 11.2 Å². The van der Waals surface area contributed by atoms with Gasteiger partial charge in [0, 0.05) is 18.3 Å². The fourth-order valence-electron chi connectivity index (χ4n) is 1.52. The summed E-state index contributed by atoms with van der Waals surface area (Å²) in [7, 11) is 0. The summed E-state index contributed by atoms with van der Waals surface area (Å²) in [5.41, 5.74) is 1.39. The summed E-state index contributed by atoms with van der Waals surface area (Å²) >= 11 is 0. The molecule has 1 fully saturated rings. The quantitative estimate of drug-likeness (QED) is 0.571. The maximum Gasteiger partial charge on any atom is 0.340 e. The van der Waals surface area contributed by atoms with E-state index in [2.05, 4.69) is 10.9 Å². The van der Waals surface area contributed by atoms with Crippen molar-refractivity contribution in [2.75, 3.05) is 0 Å². The lowest BCUT2D eigenvalue weighted by Crippen LogP contribution is -2.18. The van der Waals surface area contributed by atoms with Gasteiger partial charge < -0.3 is 4.74 Å². The van der Waals surface area contributed by atoms with Crippen LogP contribution in [0.4, 0.5) is 0 Å². The van der Waals surface area contributed by atoms with E-state index < -0.39 is 0 Å². The molecule has 0 aromatic carbocycles. The largest absolute Gasteiger partial charge is 0.445 e. The molecule has 1 aromatic rings. The van der Waals surface area contributed by atoms with Crippen molar-refractivity contribution in [3.05, 3.63) is 29.6 Å². The molecule has 1 aromatic heterocycles. The highest BCUT2D eigenvalue weighted by atomic mass is 16.5. The third-order valence-corrected chi connectivity index (χ3v) is 2.56. The molecule has 3 nitrogen and oxygen atoms in total. The molecule has 1 aliphatic rings. The molecule has 0 radical (unpaired) electrons.